The van der Waals surface area contributed by atoms with Crippen molar-refractivity contribution >= 4 is 34.8 Å². The number of aromatic nitrogens is 1. The Kier molecular flexibility index (Phi) is 4.40. The van der Waals surface area contributed by atoms with Crippen LogP contribution in [-0.2, 0) is 12.8 Å². The molecule has 0 fully saturated rings. The zero-order chi connectivity index (χ0) is 16.1. The van der Waals surface area contributed by atoms with Crippen LogP contribution < -0.4 is 11.5 Å². The van der Waals surface area contributed by atoms with E-state index in [1.165, 1.54) is 6.07 Å². The first kappa shape index (κ1) is 17.0. The number of H-pyrrole nitrogens is 1. The molecule has 0 spiro atoms. The number of halogens is 2. The van der Waals surface area contributed by atoms with Gasteiger partial charge in [0.05, 0.1) is 11.1 Å². The summed E-state index contributed by atoms with van der Waals surface area (Å²) in [5.41, 5.74) is 16.3. The third-order valence-corrected chi connectivity index (χ3v) is 5.07. The maximum Gasteiger partial charge on any atom is 0.250 e. The number of fused-ring (bicyclic) bond motifs is 3. The second kappa shape index (κ2) is 6.22. The summed E-state index contributed by atoms with van der Waals surface area (Å²) in [7, 11) is 0. The largest absolute Gasteiger partial charge is 0.366 e. The molecule has 1 heterocycles. The third kappa shape index (κ3) is 2.52. The molecule has 2 aliphatic carbocycles. The van der Waals surface area contributed by atoms with E-state index in [4.69, 9.17) is 11.5 Å². The fourth-order valence-corrected chi connectivity index (χ4v) is 4.04. The van der Waals surface area contributed by atoms with Crippen molar-refractivity contribution in [3.63, 3.8) is 0 Å². The lowest BCUT2D eigenvalue weighted by Gasteiger charge is -2.21. The van der Waals surface area contributed by atoms with E-state index >= 15 is 0 Å². The van der Waals surface area contributed by atoms with Crippen molar-refractivity contribution in [1.29, 1.82) is 0 Å². The highest BCUT2D eigenvalue weighted by Crippen LogP contribution is 2.40. The highest BCUT2D eigenvalue weighted by Gasteiger charge is 2.27. The van der Waals surface area contributed by atoms with Crippen molar-refractivity contribution in [3.8, 4) is 0 Å². The molecular formula is C18H21ClFN3O. The Hall–Kier alpha value is -1.85. The van der Waals surface area contributed by atoms with Gasteiger partial charge in [-0.1, -0.05) is 6.08 Å². The number of carbonyl (C=O) groups excluding carboxylic acids is 1. The number of hydrogen-bond acceptors (Lipinski definition) is 2. The molecule has 0 radical (unpaired) electrons. The number of allylic oxidation sites excluding steroid dienone is 1. The first-order chi connectivity index (χ1) is 11.1. The number of amides is 1. The number of primary amides is 1. The van der Waals surface area contributed by atoms with Crippen molar-refractivity contribution < 1.29 is 9.18 Å². The van der Waals surface area contributed by atoms with Crippen LogP contribution in [0.25, 0.3) is 16.5 Å². The Balaban J connectivity index is 0.00000169. The summed E-state index contributed by atoms with van der Waals surface area (Å²) in [5.74, 6) is -0.977. The van der Waals surface area contributed by atoms with E-state index in [9.17, 15) is 9.18 Å². The minimum absolute atomic E-state index is 0. The molecule has 4 rings (SSSR count). The van der Waals surface area contributed by atoms with Crippen LogP contribution in [0, 0.1) is 5.82 Å². The number of aryl methyl sites for hydroxylation is 2. The molecule has 5 N–H and O–H groups in total. The minimum Gasteiger partial charge on any atom is -0.366 e. The molecule has 128 valence electrons. The van der Waals surface area contributed by atoms with Crippen molar-refractivity contribution in [2.24, 2.45) is 11.5 Å². The molecule has 0 unspecified atom stereocenters. The first-order valence-corrected chi connectivity index (χ1v) is 8.17. The topological polar surface area (TPSA) is 84.9 Å². The standard InChI is InChI=1S/C18H20FN3O.ClH/c19-13-8-12(18(21)23)17-16(11-5-2-6-14(11)22-17)15(13)9-3-1-4-10(20)7-9;/h3,8,10,22H,1-2,4-7,20H2,(H2,21,23);1H/t10-;/m0./s1. The van der Waals surface area contributed by atoms with Crippen molar-refractivity contribution in [3.05, 3.63) is 40.3 Å². The highest BCUT2D eigenvalue weighted by molar-refractivity contribution is 6.09. The maximum absolute atomic E-state index is 14.9. The molecule has 1 atom stereocenters. The van der Waals surface area contributed by atoms with E-state index in [0.717, 1.165) is 54.3 Å². The Morgan fingerprint density at radius 3 is 2.83 bits per heavy atom. The van der Waals surface area contributed by atoms with Crippen LogP contribution in [-0.4, -0.2) is 16.9 Å². The lowest BCUT2D eigenvalue weighted by atomic mass is 9.87. The Morgan fingerprint density at radius 1 is 1.33 bits per heavy atom. The van der Waals surface area contributed by atoms with Crippen molar-refractivity contribution in [1.82, 2.24) is 4.98 Å². The fraction of sp³-hybridized carbons (Fsp3) is 0.389. The molecule has 6 heteroatoms. The quantitative estimate of drug-likeness (QED) is 0.777. The van der Waals surface area contributed by atoms with Gasteiger partial charge in [-0.25, -0.2) is 4.39 Å². The van der Waals surface area contributed by atoms with Gasteiger partial charge in [-0.05, 0) is 55.7 Å². The number of nitrogens with two attached hydrogens (primary N) is 2. The van der Waals surface area contributed by atoms with Crippen molar-refractivity contribution in [2.45, 2.75) is 44.6 Å². The van der Waals surface area contributed by atoms with Crippen LogP contribution in [0.2, 0.25) is 0 Å². The molecule has 1 amide bonds. The molecule has 24 heavy (non-hydrogen) atoms. The van der Waals surface area contributed by atoms with Gasteiger partial charge in [-0.2, -0.15) is 0 Å². The predicted molar refractivity (Wildman–Crippen MR) is 95.9 cm³/mol. The lowest BCUT2D eigenvalue weighted by molar-refractivity contribution is 0.100. The molecule has 0 bridgehead atoms. The molecule has 2 aliphatic rings. The smallest absolute Gasteiger partial charge is 0.250 e. The Labute approximate surface area is 145 Å². The number of aromatic amines is 1. The molecule has 2 aromatic rings. The second-order valence-corrected chi connectivity index (χ2v) is 6.60. The molecular weight excluding hydrogens is 329 g/mol. The summed E-state index contributed by atoms with van der Waals surface area (Å²) in [6.45, 7) is 0. The van der Waals surface area contributed by atoms with Gasteiger partial charge in [-0.15, -0.1) is 12.4 Å². The summed E-state index contributed by atoms with van der Waals surface area (Å²) >= 11 is 0. The lowest BCUT2D eigenvalue weighted by Crippen LogP contribution is -2.22. The average molecular weight is 350 g/mol. The van der Waals surface area contributed by atoms with Gasteiger partial charge in [0, 0.05) is 22.7 Å². The van der Waals surface area contributed by atoms with Gasteiger partial charge in [0.15, 0.2) is 0 Å². The first-order valence-electron chi connectivity index (χ1n) is 8.17. The highest BCUT2D eigenvalue weighted by atomic mass is 35.5. The van der Waals surface area contributed by atoms with Gasteiger partial charge in [0.2, 0.25) is 0 Å². The van der Waals surface area contributed by atoms with Gasteiger partial charge >= 0.3 is 0 Å². The summed E-state index contributed by atoms with van der Waals surface area (Å²) in [6, 6.07) is 1.33. The monoisotopic (exact) mass is 349 g/mol. The van der Waals surface area contributed by atoms with Crippen LogP contribution in [0.1, 0.15) is 52.9 Å². The molecule has 0 aliphatic heterocycles. The van der Waals surface area contributed by atoms with E-state index < -0.39 is 5.91 Å². The van der Waals surface area contributed by atoms with Crippen LogP contribution in [0.5, 0.6) is 0 Å². The number of rotatable bonds is 2. The summed E-state index contributed by atoms with van der Waals surface area (Å²) in [5, 5.41) is 0.839. The summed E-state index contributed by atoms with van der Waals surface area (Å²) in [6.07, 6.45) is 7.44. The number of nitrogens with one attached hydrogen (secondary N) is 1. The van der Waals surface area contributed by atoms with Gasteiger partial charge in [0.25, 0.3) is 5.91 Å². The van der Waals surface area contributed by atoms with E-state index in [1.54, 1.807) is 0 Å². The van der Waals surface area contributed by atoms with Gasteiger partial charge in [-0.3, -0.25) is 4.79 Å². The van der Waals surface area contributed by atoms with Crippen LogP contribution in [0.4, 0.5) is 4.39 Å². The molecule has 1 aromatic heterocycles. The average Bonchev–Trinajstić information content (AvgIpc) is 3.07. The normalized spacial score (nSPS) is 19.8. The fourth-order valence-electron chi connectivity index (χ4n) is 4.04. The van der Waals surface area contributed by atoms with Crippen LogP contribution >= 0.6 is 12.4 Å². The van der Waals surface area contributed by atoms with Crippen LogP contribution in [0.15, 0.2) is 12.1 Å². The summed E-state index contributed by atoms with van der Waals surface area (Å²) in [4.78, 5) is 15.1. The van der Waals surface area contributed by atoms with E-state index in [2.05, 4.69) is 11.1 Å². The number of benzene rings is 1. The van der Waals surface area contributed by atoms with Crippen molar-refractivity contribution in [2.75, 3.05) is 0 Å². The minimum atomic E-state index is -0.602. The Morgan fingerprint density at radius 2 is 2.12 bits per heavy atom. The third-order valence-electron chi connectivity index (χ3n) is 5.07. The van der Waals surface area contributed by atoms with E-state index in [0.29, 0.717) is 17.5 Å². The molecule has 4 nitrogen and oxygen atoms in total. The molecule has 0 saturated heterocycles. The summed E-state index contributed by atoms with van der Waals surface area (Å²) < 4.78 is 14.9. The maximum atomic E-state index is 14.9. The van der Waals surface area contributed by atoms with E-state index in [1.807, 2.05) is 0 Å². The zero-order valence-corrected chi connectivity index (χ0v) is 14.1. The van der Waals surface area contributed by atoms with E-state index in [-0.39, 0.29) is 29.8 Å². The Bertz CT molecular complexity index is 856. The van der Waals surface area contributed by atoms with Gasteiger partial charge < -0.3 is 16.5 Å². The second-order valence-electron chi connectivity index (χ2n) is 6.60. The predicted octanol–water partition coefficient (Wildman–Crippen LogP) is 3.21. The molecule has 1 aromatic carbocycles. The van der Waals surface area contributed by atoms with Crippen LogP contribution in [0.3, 0.4) is 0 Å². The zero-order valence-electron chi connectivity index (χ0n) is 13.3. The number of carbonyl (C=O) groups is 1. The SMILES string of the molecule is Cl.NC(=O)c1cc(F)c(C2=CCC[C@H](N)C2)c2c3c([nH]c12)CCC3. The molecule has 0 saturated carbocycles. The number of hydrogen-bond donors (Lipinski definition) is 3. The van der Waals surface area contributed by atoms with Gasteiger partial charge in [0.1, 0.15) is 5.82 Å².